The second-order valence-corrected chi connectivity index (χ2v) is 6.88. The van der Waals surface area contributed by atoms with Crippen molar-refractivity contribution in [1.82, 2.24) is 5.32 Å². The van der Waals surface area contributed by atoms with Crippen LogP contribution in [0.3, 0.4) is 0 Å². The Kier molecular flexibility index (Phi) is 6.09. The van der Waals surface area contributed by atoms with Gasteiger partial charge in [0.15, 0.2) is 0 Å². The van der Waals surface area contributed by atoms with Crippen LogP contribution in [-0.2, 0) is 11.2 Å². The molecule has 0 aliphatic rings. The number of carbonyl (C=O) groups excluding carboxylic acids is 1. The summed E-state index contributed by atoms with van der Waals surface area (Å²) in [5, 5.41) is 6.04. The van der Waals surface area contributed by atoms with E-state index in [2.05, 4.69) is 48.6 Å². The largest absolute Gasteiger partial charge is 0.497 e. The third-order valence-electron chi connectivity index (χ3n) is 4.86. The number of hydrogen-bond donors (Lipinski definition) is 2. The lowest BCUT2D eigenvalue weighted by molar-refractivity contribution is -0.118. The molecule has 1 amide bonds. The molecule has 4 heteroatoms. The number of hydrogen-bond acceptors (Lipinski definition) is 3. The summed E-state index contributed by atoms with van der Waals surface area (Å²) in [6, 6.07) is 22.6. The number of nitrogens with two attached hydrogens (primary N) is 1. The molecule has 3 aromatic carbocycles. The van der Waals surface area contributed by atoms with E-state index in [4.69, 9.17) is 10.5 Å². The minimum atomic E-state index is -0.300. The highest BCUT2D eigenvalue weighted by Gasteiger charge is 2.18. The molecular weight excluding hydrogens is 336 g/mol. The Labute approximate surface area is 160 Å². The van der Waals surface area contributed by atoms with Gasteiger partial charge in [0, 0.05) is 18.5 Å². The molecule has 3 N–H and O–H groups in total. The van der Waals surface area contributed by atoms with Gasteiger partial charge in [0.05, 0.1) is 7.11 Å². The van der Waals surface area contributed by atoms with Crippen LogP contribution in [0.15, 0.2) is 66.7 Å². The van der Waals surface area contributed by atoms with Gasteiger partial charge in [0.1, 0.15) is 5.75 Å². The fourth-order valence-electron chi connectivity index (χ4n) is 3.55. The molecule has 140 valence electrons. The standard InChI is InChI=1S/C23H26N2O2/c1-16(21-9-5-7-18-6-3-4-8-22(18)21)25-19(15-23(24)26)14-17-10-12-20(27-2)13-11-17/h3-13,16,19,25H,14-15H2,1-2H3,(H2,24,26)/t16-,19?/m1/s1. The number of fused-ring (bicyclic) bond motifs is 1. The maximum Gasteiger partial charge on any atom is 0.218 e. The molecule has 3 rings (SSSR count). The summed E-state index contributed by atoms with van der Waals surface area (Å²) in [6.07, 6.45) is 1.02. The van der Waals surface area contributed by atoms with E-state index >= 15 is 0 Å². The Bertz CT molecular complexity index is 900. The molecule has 0 saturated carbocycles. The molecule has 1 unspecified atom stereocenters. The van der Waals surface area contributed by atoms with Crippen molar-refractivity contribution in [2.24, 2.45) is 5.73 Å². The molecule has 3 aromatic rings. The predicted molar refractivity (Wildman–Crippen MR) is 110 cm³/mol. The molecule has 0 aliphatic heterocycles. The van der Waals surface area contributed by atoms with Crippen LogP contribution in [0, 0.1) is 0 Å². The minimum absolute atomic E-state index is 0.0372. The molecule has 0 heterocycles. The van der Waals surface area contributed by atoms with Gasteiger partial charge in [-0.1, -0.05) is 54.6 Å². The summed E-state index contributed by atoms with van der Waals surface area (Å²) in [5.74, 6) is 0.522. The summed E-state index contributed by atoms with van der Waals surface area (Å²) < 4.78 is 5.21. The fourth-order valence-corrected chi connectivity index (χ4v) is 3.55. The van der Waals surface area contributed by atoms with Gasteiger partial charge in [-0.3, -0.25) is 4.79 Å². The molecule has 4 nitrogen and oxygen atoms in total. The zero-order valence-corrected chi connectivity index (χ0v) is 15.8. The van der Waals surface area contributed by atoms with Crippen LogP contribution in [0.4, 0.5) is 0 Å². The lowest BCUT2D eigenvalue weighted by Crippen LogP contribution is -2.37. The van der Waals surface area contributed by atoms with E-state index in [1.165, 1.54) is 16.3 Å². The number of ether oxygens (including phenoxy) is 1. The van der Waals surface area contributed by atoms with Gasteiger partial charge in [-0.2, -0.15) is 0 Å². The average Bonchev–Trinajstić information content (AvgIpc) is 2.67. The first kappa shape index (κ1) is 18.9. The second kappa shape index (κ2) is 8.69. The van der Waals surface area contributed by atoms with E-state index in [1.54, 1.807) is 7.11 Å². The Morgan fingerprint density at radius 2 is 1.74 bits per heavy atom. The first-order valence-electron chi connectivity index (χ1n) is 9.21. The molecular formula is C23H26N2O2. The van der Waals surface area contributed by atoms with Crippen molar-refractivity contribution in [3.63, 3.8) is 0 Å². The van der Waals surface area contributed by atoms with Crippen LogP contribution in [0.2, 0.25) is 0 Å². The van der Waals surface area contributed by atoms with Gasteiger partial charge in [-0.05, 0) is 47.4 Å². The maximum atomic E-state index is 11.6. The highest BCUT2D eigenvalue weighted by Crippen LogP contribution is 2.25. The first-order chi connectivity index (χ1) is 13.1. The summed E-state index contributed by atoms with van der Waals surface area (Å²) >= 11 is 0. The maximum absolute atomic E-state index is 11.6. The number of benzene rings is 3. The smallest absolute Gasteiger partial charge is 0.218 e. The second-order valence-electron chi connectivity index (χ2n) is 6.88. The number of primary amides is 1. The molecule has 0 bridgehead atoms. The van der Waals surface area contributed by atoms with Crippen molar-refractivity contribution in [3.8, 4) is 5.75 Å². The zero-order chi connectivity index (χ0) is 19.2. The van der Waals surface area contributed by atoms with Crippen LogP contribution in [0.5, 0.6) is 5.75 Å². The van der Waals surface area contributed by atoms with Crippen molar-refractivity contribution in [2.45, 2.75) is 31.8 Å². The van der Waals surface area contributed by atoms with Crippen LogP contribution in [-0.4, -0.2) is 19.1 Å². The van der Waals surface area contributed by atoms with Crippen LogP contribution in [0.1, 0.15) is 30.5 Å². The van der Waals surface area contributed by atoms with E-state index in [1.807, 2.05) is 30.3 Å². The minimum Gasteiger partial charge on any atom is -0.497 e. The van der Waals surface area contributed by atoms with Crippen LogP contribution >= 0.6 is 0 Å². The molecule has 0 saturated heterocycles. The summed E-state index contributed by atoms with van der Waals surface area (Å²) in [5.41, 5.74) is 7.86. The summed E-state index contributed by atoms with van der Waals surface area (Å²) in [7, 11) is 1.65. The number of amides is 1. The van der Waals surface area contributed by atoms with Gasteiger partial charge >= 0.3 is 0 Å². The van der Waals surface area contributed by atoms with Crippen molar-refractivity contribution in [3.05, 3.63) is 77.9 Å². The molecule has 27 heavy (non-hydrogen) atoms. The van der Waals surface area contributed by atoms with E-state index in [0.717, 1.165) is 17.7 Å². The van der Waals surface area contributed by atoms with Gasteiger partial charge in [-0.15, -0.1) is 0 Å². The van der Waals surface area contributed by atoms with E-state index in [9.17, 15) is 4.79 Å². The first-order valence-corrected chi connectivity index (χ1v) is 9.21. The van der Waals surface area contributed by atoms with Crippen molar-refractivity contribution < 1.29 is 9.53 Å². The van der Waals surface area contributed by atoms with Crippen molar-refractivity contribution in [1.29, 1.82) is 0 Å². The highest BCUT2D eigenvalue weighted by atomic mass is 16.5. The molecule has 2 atom stereocenters. The van der Waals surface area contributed by atoms with E-state index in [0.29, 0.717) is 6.42 Å². The Morgan fingerprint density at radius 1 is 1.04 bits per heavy atom. The molecule has 0 aliphatic carbocycles. The summed E-state index contributed by atoms with van der Waals surface area (Å²) in [6.45, 7) is 2.13. The highest BCUT2D eigenvalue weighted by molar-refractivity contribution is 5.86. The summed E-state index contributed by atoms with van der Waals surface area (Å²) in [4.78, 5) is 11.6. The topological polar surface area (TPSA) is 64.3 Å². The third kappa shape index (κ3) is 4.86. The Morgan fingerprint density at radius 3 is 2.44 bits per heavy atom. The molecule has 0 aromatic heterocycles. The lowest BCUT2D eigenvalue weighted by Gasteiger charge is -2.24. The Hall–Kier alpha value is -2.85. The normalized spacial score (nSPS) is 13.3. The van der Waals surface area contributed by atoms with Crippen molar-refractivity contribution in [2.75, 3.05) is 7.11 Å². The van der Waals surface area contributed by atoms with Gasteiger partial charge in [0.2, 0.25) is 5.91 Å². The van der Waals surface area contributed by atoms with Gasteiger partial charge in [-0.25, -0.2) is 0 Å². The van der Waals surface area contributed by atoms with Gasteiger partial charge in [0.25, 0.3) is 0 Å². The third-order valence-corrected chi connectivity index (χ3v) is 4.86. The molecule has 0 spiro atoms. The van der Waals surface area contributed by atoms with E-state index in [-0.39, 0.29) is 18.0 Å². The van der Waals surface area contributed by atoms with Crippen LogP contribution < -0.4 is 15.8 Å². The van der Waals surface area contributed by atoms with E-state index < -0.39 is 0 Å². The fraction of sp³-hybridized carbons (Fsp3) is 0.261. The number of rotatable bonds is 8. The zero-order valence-electron chi connectivity index (χ0n) is 15.8. The van der Waals surface area contributed by atoms with Gasteiger partial charge < -0.3 is 15.8 Å². The predicted octanol–water partition coefficient (Wildman–Crippen LogP) is 3.99. The molecule has 0 radical (unpaired) electrons. The Balaban J connectivity index is 1.79. The SMILES string of the molecule is COc1ccc(CC(CC(N)=O)N[C@H](C)c2cccc3ccccc23)cc1. The lowest BCUT2D eigenvalue weighted by atomic mass is 9.97. The number of carbonyl (C=O) groups is 1. The van der Waals surface area contributed by atoms with Crippen LogP contribution in [0.25, 0.3) is 10.8 Å². The quantitative estimate of drug-likeness (QED) is 0.637. The monoisotopic (exact) mass is 362 g/mol. The average molecular weight is 362 g/mol. The van der Waals surface area contributed by atoms with Crippen molar-refractivity contribution >= 4 is 16.7 Å². The number of methoxy groups -OCH3 is 1. The molecule has 0 fully saturated rings. The number of nitrogens with one attached hydrogen (secondary N) is 1.